The molecule has 16 heavy (non-hydrogen) atoms. The van der Waals surface area contributed by atoms with Gasteiger partial charge in [0.1, 0.15) is 0 Å². The van der Waals surface area contributed by atoms with Gasteiger partial charge in [-0.25, -0.2) is 4.98 Å². The summed E-state index contributed by atoms with van der Waals surface area (Å²) in [5.41, 5.74) is 0.993. The predicted molar refractivity (Wildman–Crippen MR) is 67.5 cm³/mol. The van der Waals surface area contributed by atoms with E-state index in [1.165, 1.54) is 4.57 Å². The number of hydrogen-bond donors (Lipinski definition) is 1. The van der Waals surface area contributed by atoms with Crippen LogP contribution in [0.2, 0.25) is 0 Å². The standard InChI is InChI=1S/C9H12N4OS2/c1-4-16-8-10-5-6(11-8)12(2)9(15)13(3)7(5)14/h4H2,1-3H3,(H,10,11). The third kappa shape index (κ3) is 1.60. The normalized spacial score (nSPS) is 11.2. The summed E-state index contributed by atoms with van der Waals surface area (Å²) < 4.78 is 3.65. The summed E-state index contributed by atoms with van der Waals surface area (Å²) in [6, 6.07) is 0. The van der Waals surface area contributed by atoms with Crippen LogP contribution in [0.1, 0.15) is 6.92 Å². The highest BCUT2D eigenvalue weighted by Gasteiger charge is 2.11. The zero-order valence-electron chi connectivity index (χ0n) is 9.27. The molecule has 0 aliphatic rings. The molecule has 2 aromatic rings. The van der Waals surface area contributed by atoms with Gasteiger partial charge in [0.2, 0.25) is 0 Å². The van der Waals surface area contributed by atoms with Crippen LogP contribution in [-0.2, 0) is 14.1 Å². The highest BCUT2D eigenvalue weighted by atomic mass is 32.2. The number of aromatic amines is 1. The van der Waals surface area contributed by atoms with Crippen LogP contribution in [0.3, 0.4) is 0 Å². The van der Waals surface area contributed by atoms with Crippen molar-refractivity contribution in [1.29, 1.82) is 0 Å². The molecule has 0 spiro atoms. The Bertz CT molecular complexity index is 652. The molecule has 0 aliphatic carbocycles. The molecule has 1 N–H and O–H groups in total. The van der Waals surface area contributed by atoms with Gasteiger partial charge < -0.3 is 9.55 Å². The van der Waals surface area contributed by atoms with E-state index in [4.69, 9.17) is 12.2 Å². The van der Waals surface area contributed by atoms with Crippen molar-refractivity contribution in [2.75, 3.05) is 5.75 Å². The molecular weight excluding hydrogens is 244 g/mol. The number of H-pyrrole nitrogens is 1. The first-order chi connectivity index (χ1) is 7.56. The largest absolute Gasteiger partial charge is 0.327 e. The fourth-order valence-electron chi connectivity index (χ4n) is 1.51. The second-order valence-corrected chi connectivity index (χ2v) is 5.00. The number of nitrogens with zero attached hydrogens (tertiary/aromatic N) is 3. The minimum absolute atomic E-state index is 0.131. The van der Waals surface area contributed by atoms with Gasteiger partial charge in [-0.05, 0) is 18.0 Å². The van der Waals surface area contributed by atoms with E-state index >= 15 is 0 Å². The summed E-state index contributed by atoms with van der Waals surface area (Å²) in [5.74, 6) is 0.907. The molecule has 2 rings (SSSR count). The summed E-state index contributed by atoms with van der Waals surface area (Å²) in [4.78, 5) is 19.3. The third-order valence-corrected chi connectivity index (χ3v) is 3.66. The molecule has 0 amide bonds. The van der Waals surface area contributed by atoms with E-state index in [0.29, 0.717) is 15.9 Å². The molecule has 0 unspecified atom stereocenters. The number of nitrogens with one attached hydrogen (secondary N) is 1. The van der Waals surface area contributed by atoms with E-state index in [0.717, 1.165) is 10.9 Å². The Balaban J connectivity index is 2.87. The quantitative estimate of drug-likeness (QED) is 0.652. The summed E-state index contributed by atoms with van der Waals surface area (Å²) >= 11 is 6.72. The maximum Gasteiger partial charge on any atom is 0.280 e. The molecule has 2 heterocycles. The molecule has 0 saturated heterocycles. The number of thioether (sulfide) groups is 1. The Labute approximate surface area is 102 Å². The number of rotatable bonds is 2. The average molecular weight is 256 g/mol. The van der Waals surface area contributed by atoms with Crippen molar-refractivity contribution in [3.05, 3.63) is 15.1 Å². The van der Waals surface area contributed by atoms with Crippen LogP contribution in [-0.4, -0.2) is 24.9 Å². The van der Waals surface area contributed by atoms with Crippen LogP contribution in [0.25, 0.3) is 11.2 Å². The highest BCUT2D eigenvalue weighted by molar-refractivity contribution is 7.99. The summed E-state index contributed by atoms with van der Waals surface area (Å²) in [6.45, 7) is 2.04. The summed E-state index contributed by atoms with van der Waals surface area (Å²) in [7, 11) is 3.48. The van der Waals surface area contributed by atoms with Gasteiger partial charge in [0.25, 0.3) is 5.56 Å². The van der Waals surface area contributed by atoms with Gasteiger partial charge in [-0.1, -0.05) is 18.7 Å². The lowest BCUT2D eigenvalue weighted by Gasteiger charge is -2.03. The molecule has 7 heteroatoms. The molecule has 86 valence electrons. The van der Waals surface area contributed by atoms with Crippen molar-refractivity contribution in [2.45, 2.75) is 12.1 Å². The molecule has 0 fully saturated rings. The first kappa shape index (κ1) is 11.4. The minimum atomic E-state index is -0.131. The molecule has 0 bridgehead atoms. The first-order valence-electron chi connectivity index (χ1n) is 4.84. The van der Waals surface area contributed by atoms with Gasteiger partial charge in [-0.3, -0.25) is 9.36 Å². The van der Waals surface area contributed by atoms with E-state index in [2.05, 4.69) is 9.97 Å². The van der Waals surface area contributed by atoms with Crippen LogP contribution < -0.4 is 5.56 Å². The maximum atomic E-state index is 11.9. The topological polar surface area (TPSA) is 55.6 Å². The molecule has 2 aromatic heterocycles. The van der Waals surface area contributed by atoms with Gasteiger partial charge in [0.05, 0.1) is 0 Å². The Morgan fingerprint density at radius 3 is 2.75 bits per heavy atom. The Morgan fingerprint density at radius 2 is 2.12 bits per heavy atom. The molecule has 0 saturated carbocycles. The Morgan fingerprint density at radius 1 is 1.44 bits per heavy atom. The molecular formula is C9H12N4OS2. The average Bonchev–Trinajstić information content (AvgIpc) is 2.68. The number of hydrogen-bond acceptors (Lipinski definition) is 4. The predicted octanol–water partition coefficient (Wildman–Crippen LogP) is 1.44. The van der Waals surface area contributed by atoms with Gasteiger partial charge in [-0.2, -0.15) is 0 Å². The van der Waals surface area contributed by atoms with E-state index in [1.807, 2.05) is 14.0 Å². The van der Waals surface area contributed by atoms with E-state index in [-0.39, 0.29) is 5.56 Å². The first-order valence-corrected chi connectivity index (χ1v) is 6.24. The second-order valence-electron chi connectivity index (χ2n) is 3.38. The van der Waals surface area contributed by atoms with Crippen LogP contribution in [0.15, 0.2) is 9.95 Å². The van der Waals surface area contributed by atoms with Crippen molar-refractivity contribution >= 4 is 35.1 Å². The van der Waals surface area contributed by atoms with Gasteiger partial charge in [-0.15, -0.1) is 0 Å². The van der Waals surface area contributed by atoms with Gasteiger partial charge in [0.15, 0.2) is 21.1 Å². The lowest BCUT2D eigenvalue weighted by atomic mass is 10.5. The van der Waals surface area contributed by atoms with Crippen LogP contribution in [0.4, 0.5) is 0 Å². The zero-order valence-corrected chi connectivity index (χ0v) is 10.9. The van der Waals surface area contributed by atoms with Crippen LogP contribution in [0, 0.1) is 4.77 Å². The Kier molecular flexibility index (Phi) is 2.90. The molecule has 0 aliphatic heterocycles. The zero-order chi connectivity index (χ0) is 11.9. The van der Waals surface area contributed by atoms with E-state index in [1.54, 1.807) is 23.4 Å². The second kappa shape index (κ2) is 4.06. The summed E-state index contributed by atoms with van der Waals surface area (Å²) in [5, 5.41) is 0.755. The van der Waals surface area contributed by atoms with Crippen molar-refractivity contribution in [3.8, 4) is 0 Å². The highest BCUT2D eigenvalue weighted by Crippen LogP contribution is 2.16. The fraction of sp³-hybridized carbons (Fsp3) is 0.444. The van der Waals surface area contributed by atoms with Gasteiger partial charge >= 0.3 is 0 Å². The number of aryl methyl sites for hydroxylation is 1. The van der Waals surface area contributed by atoms with Crippen molar-refractivity contribution < 1.29 is 0 Å². The molecule has 0 radical (unpaired) electrons. The van der Waals surface area contributed by atoms with E-state index < -0.39 is 0 Å². The van der Waals surface area contributed by atoms with Crippen molar-refractivity contribution in [3.63, 3.8) is 0 Å². The molecule has 0 atom stereocenters. The van der Waals surface area contributed by atoms with Crippen molar-refractivity contribution in [2.24, 2.45) is 14.1 Å². The maximum absolute atomic E-state index is 11.9. The fourth-order valence-corrected chi connectivity index (χ4v) is 2.28. The smallest absolute Gasteiger partial charge is 0.280 e. The molecule has 0 aromatic carbocycles. The van der Waals surface area contributed by atoms with Crippen LogP contribution in [0.5, 0.6) is 0 Å². The minimum Gasteiger partial charge on any atom is -0.327 e. The number of imidazole rings is 1. The SMILES string of the molecule is CCSc1nc2c([nH]1)c(=O)n(C)c(=S)n2C. The third-order valence-electron chi connectivity index (χ3n) is 2.35. The number of fused-ring (bicyclic) bond motifs is 1. The Hall–Kier alpha value is -1.08. The van der Waals surface area contributed by atoms with E-state index in [9.17, 15) is 4.79 Å². The lowest BCUT2D eigenvalue weighted by molar-refractivity contribution is 0.741. The van der Waals surface area contributed by atoms with Crippen LogP contribution >= 0.6 is 24.0 Å². The summed E-state index contributed by atoms with van der Waals surface area (Å²) in [6.07, 6.45) is 0. The molecule has 5 nitrogen and oxygen atoms in total. The van der Waals surface area contributed by atoms with Gasteiger partial charge in [0, 0.05) is 14.1 Å². The number of aromatic nitrogens is 4. The monoisotopic (exact) mass is 256 g/mol. The lowest BCUT2D eigenvalue weighted by Crippen LogP contribution is -2.21. The van der Waals surface area contributed by atoms with Crippen molar-refractivity contribution in [1.82, 2.24) is 19.1 Å².